The van der Waals surface area contributed by atoms with Crippen molar-refractivity contribution in [2.45, 2.75) is 51.9 Å². The first kappa shape index (κ1) is 14.5. The van der Waals surface area contributed by atoms with Crippen LogP contribution >= 0.6 is 0 Å². The highest BCUT2D eigenvalue weighted by Gasteiger charge is 2.13. The molecule has 0 spiro atoms. The number of rotatable bonds is 8. The number of benzene rings is 1. The fourth-order valence-corrected chi connectivity index (χ4v) is 2.07. The van der Waals surface area contributed by atoms with Crippen molar-refractivity contribution in [1.29, 1.82) is 0 Å². The zero-order chi connectivity index (χ0) is 13.4. The monoisotopic (exact) mass is 250 g/mol. The molecular formula is C14H22N2O2. The Morgan fingerprint density at radius 2 is 1.83 bits per heavy atom. The topological polar surface area (TPSA) is 69.2 Å². The number of unbranched alkanes of at least 4 members (excludes halogenated alkanes) is 5. The second kappa shape index (κ2) is 7.69. The SMILES string of the molecule is CCCCCCCCc1cccc([N+](=O)[O-])c1N. The van der Waals surface area contributed by atoms with Crippen molar-refractivity contribution in [2.24, 2.45) is 0 Å². The quantitative estimate of drug-likeness (QED) is 0.327. The number of nitro groups is 1. The van der Waals surface area contributed by atoms with Crippen LogP contribution in [0.3, 0.4) is 0 Å². The van der Waals surface area contributed by atoms with Crippen LogP contribution in [-0.2, 0) is 6.42 Å². The minimum absolute atomic E-state index is 0.0264. The lowest BCUT2D eigenvalue weighted by Gasteiger charge is -2.06. The van der Waals surface area contributed by atoms with Crippen LogP contribution in [0.4, 0.5) is 11.4 Å². The van der Waals surface area contributed by atoms with E-state index in [0.717, 1.165) is 18.4 Å². The van der Waals surface area contributed by atoms with Crippen molar-refractivity contribution in [3.8, 4) is 0 Å². The predicted molar refractivity (Wildman–Crippen MR) is 74.6 cm³/mol. The summed E-state index contributed by atoms with van der Waals surface area (Å²) in [6, 6.07) is 5.05. The number of hydrogen-bond acceptors (Lipinski definition) is 3. The van der Waals surface area contributed by atoms with E-state index < -0.39 is 4.92 Å². The van der Waals surface area contributed by atoms with Gasteiger partial charge in [-0.25, -0.2) is 0 Å². The molecule has 0 radical (unpaired) electrons. The van der Waals surface area contributed by atoms with E-state index in [4.69, 9.17) is 5.73 Å². The molecule has 0 aliphatic rings. The second-order valence-electron chi connectivity index (χ2n) is 4.62. The van der Waals surface area contributed by atoms with Gasteiger partial charge in [0.25, 0.3) is 5.69 Å². The molecular weight excluding hydrogens is 228 g/mol. The Hall–Kier alpha value is -1.58. The number of hydrogen-bond donors (Lipinski definition) is 1. The molecule has 1 rings (SSSR count). The maximum Gasteiger partial charge on any atom is 0.292 e. The van der Waals surface area contributed by atoms with Gasteiger partial charge in [0.2, 0.25) is 0 Å². The van der Waals surface area contributed by atoms with Gasteiger partial charge in [-0.3, -0.25) is 10.1 Å². The van der Waals surface area contributed by atoms with Crippen LogP contribution in [0.2, 0.25) is 0 Å². The lowest BCUT2D eigenvalue weighted by Crippen LogP contribution is -2.00. The second-order valence-corrected chi connectivity index (χ2v) is 4.62. The minimum atomic E-state index is -0.417. The number of nitrogens with two attached hydrogens (primary N) is 1. The van der Waals surface area contributed by atoms with E-state index in [1.165, 1.54) is 38.2 Å². The van der Waals surface area contributed by atoms with Crippen LogP contribution in [-0.4, -0.2) is 4.92 Å². The summed E-state index contributed by atoms with van der Waals surface area (Å²) in [7, 11) is 0. The molecule has 18 heavy (non-hydrogen) atoms. The number of nitro benzene ring substituents is 1. The Morgan fingerprint density at radius 1 is 1.17 bits per heavy atom. The molecule has 4 heteroatoms. The van der Waals surface area contributed by atoms with Gasteiger partial charge in [-0.1, -0.05) is 51.2 Å². The number of nitrogen functional groups attached to an aromatic ring is 1. The molecule has 0 bridgehead atoms. The molecule has 100 valence electrons. The van der Waals surface area contributed by atoms with E-state index in [9.17, 15) is 10.1 Å². The number of aryl methyl sites for hydroxylation is 1. The minimum Gasteiger partial charge on any atom is -0.393 e. The Kier molecular flexibility index (Phi) is 6.19. The van der Waals surface area contributed by atoms with Gasteiger partial charge >= 0.3 is 0 Å². The summed E-state index contributed by atoms with van der Waals surface area (Å²) in [5, 5.41) is 10.7. The standard InChI is InChI=1S/C14H22N2O2/c1-2-3-4-5-6-7-9-12-10-8-11-13(14(12)15)16(17)18/h8,10-11H,2-7,9,15H2,1H3. The molecule has 0 aliphatic carbocycles. The maximum absolute atomic E-state index is 10.7. The van der Waals surface area contributed by atoms with Crippen molar-refractivity contribution >= 4 is 11.4 Å². The number of nitrogens with zero attached hydrogens (tertiary/aromatic N) is 1. The van der Waals surface area contributed by atoms with E-state index >= 15 is 0 Å². The van der Waals surface area contributed by atoms with E-state index in [2.05, 4.69) is 6.92 Å². The first-order chi connectivity index (χ1) is 8.66. The summed E-state index contributed by atoms with van der Waals surface area (Å²) in [5.41, 5.74) is 7.06. The highest BCUT2D eigenvalue weighted by molar-refractivity contribution is 5.62. The summed E-state index contributed by atoms with van der Waals surface area (Å²) in [4.78, 5) is 10.3. The zero-order valence-electron chi connectivity index (χ0n) is 11.0. The smallest absolute Gasteiger partial charge is 0.292 e. The molecule has 0 aromatic heterocycles. The molecule has 0 fully saturated rings. The molecule has 0 heterocycles. The van der Waals surface area contributed by atoms with Crippen LogP contribution < -0.4 is 5.73 Å². The molecule has 4 nitrogen and oxygen atoms in total. The highest BCUT2D eigenvalue weighted by Crippen LogP contribution is 2.26. The fourth-order valence-electron chi connectivity index (χ4n) is 2.07. The van der Waals surface area contributed by atoms with Crippen molar-refractivity contribution in [1.82, 2.24) is 0 Å². The van der Waals surface area contributed by atoms with Gasteiger partial charge in [0, 0.05) is 6.07 Å². The normalized spacial score (nSPS) is 10.5. The predicted octanol–water partition coefficient (Wildman–Crippen LogP) is 4.08. The molecule has 0 unspecified atom stereocenters. The molecule has 0 saturated heterocycles. The van der Waals surface area contributed by atoms with Crippen LogP contribution in [0.15, 0.2) is 18.2 Å². The van der Waals surface area contributed by atoms with E-state index in [0.29, 0.717) is 5.69 Å². The Balaban J connectivity index is 2.43. The van der Waals surface area contributed by atoms with Crippen molar-refractivity contribution < 1.29 is 4.92 Å². The van der Waals surface area contributed by atoms with Gasteiger partial charge in [-0.2, -0.15) is 0 Å². The fraction of sp³-hybridized carbons (Fsp3) is 0.571. The van der Waals surface area contributed by atoms with Gasteiger partial charge in [0.05, 0.1) is 4.92 Å². The number of anilines is 1. The third-order valence-electron chi connectivity index (χ3n) is 3.17. The van der Waals surface area contributed by atoms with Crippen LogP contribution in [0.1, 0.15) is 51.0 Å². The Bertz CT molecular complexity index is 391. The summed E-state index contributed by atoms with van der Waals surface area (Å²) in [6.07, 6.45) is 8.11. The van der Waals surface area contributed by atoms with Crippen molar-refractivity contribution in [3.63, 3.8) is 0 Å². The maximum atomic E-state index is 10.7. The molecule has 0 atom stereocenters. The third-order valence-corrected chi connectivity index (χ3v) is 3.17. The van der Waals surface area contributed by atoms with Gasteiger partial charge in [-0.05, 0) is 18.4 Å². The lowest BCUT2D eigenvalue weighted by molar-refractivity contribution is -0.383. The molecule has 0 aliphatic heterocycles. The van der Waals surface area contributed by atoms with Gasteiger partial charge in [0.15, 0.2) is 0 Å². The highest BCUT2D eigenvalue weighted by atomic mass is 16.6. The zero-order valence-corrected chi connectivity index (χ0v) is 11.0. The van der Waals surface area contributed by atoms with Crippen LogP contribution in [0, 0.1) is 10.1 Å². The largest absolute Gasteiger partial charge is 0.393 e. The first-order valence-electron chi connectivity index (χ1n) is 6.68. The van der Waals surface area contributed by atoms with Gasteiger partial charge in [0.1, 0.15) is 5.69 Å². The van der Waals surface area contributed by atoms with E-state index in [-0.39, 0.29) is 5.69 Å². The summed E-state index contributed by atoms with van der Waals surface area (Å²) >= 11 is 0. The molecule has 2 N–H and O–H groups in total. The van der Waals surface area contributed by atoms with Crippen molar-refractivity contribution in [3.05, 3.63) is 33.9 Å². The first-order valence-corrected chi connectivity index (χ1v) is 6.68. The van der Waals surface area contributed by atoms with Gasteiger partial charge in [-0.15, -0.1) is 0 Å². The Morgan fingerprint density at radius 3 is 2.50 bits per heavy atom. The summed E-state index contributed by atoms with van der Waals surface area (Å²) in [6.45, 7) is 2.20. The average molecular weight is 250 g/mol. The third kappa shape index (κ3) is 4.35. The molecule has 1 aromatic carbocycles. The summed E-state index contributed by atoms with van der Waals surface area (Å²) < 4.78 is 0. The van der Waals surface area contributed by atoms with Gasteiger partial charge < -0.3 is 5.73 Å². The van der Waals surface area contributed by atoms with Crippen LogP contribution in [0.25, 0.3) is 0 Å². The average Bonchev–Trinajstić information content (AvgIpc) is 2.35. The van der Waals surface area contributed by atoms with E-state index in [1.807, 2.05) is 6.07 Å². The molecule has 0 amide bonds. The van der Waals surface area contributed by atoms with Crippen LogP contribution in [0.5, 0.6) is 0 Å². The van der Waals surface area contributed by atoms with Crippen molar-refractivity contribution in [2.75, 3.05) is 5.73 Å². The Labute approximate surface area is 108 Å². The lowest BCUT2D eigenvalue weighted by atomic mass is 10.0. The number of para-hydroxylation sites is 1. The summed E-state index contributed by atoms with van der Waals surface area (Å²) in [5.74, 6) is 0. The van der Waals surface area contributed by atoms with E-state index in [1.54, 1.807) is 6.07 Å². The molecule has 0 saturated carbocycles. The molecule has 1 aromatic rings.